The minimum atomic E-state index is 1.51. The van der Waals surface area contributed by atoms with Crippen LogP contribution in [0.15, 0.2) is 11.2 Å². The van der Waals surface area contributed by atoms with E-state index in [9.17, 15) is 0 Å². The van der Waals surface area contributed by atoms with Gasteiger partial charge in [0.05, 0.1) is 0 Å². The smallest absolute Gasteiger partial charge is 0.110 e. The van der Waals surface area contributed by atoms with Crippen molar-refractivity contribution in [2.24, 2.45) is 4.99 Å². The molecule has 0 bridgehead atoms. The second kappa shape index (κ2) is 1.45. The van der Waals surface area contributed by atoms with Crippen LogP contribution >= 0.6 is 0 Å². The van der Waals surface area contributed by atoms with Crippen LogP contribution in [0.4, 0.5) is 0 Å². The topological polar surface area (TPSA) is 36.4 Å². The summed E-state index contributed by atoms with van der Waals surface area (Å²) in [5, 5.41) is 0. The lowest BCUT2D eigenvalue weighted by atomic mass is 10.9. The Morgan fingerprint density at radius 2 is 2.50 bits per heavy atom. The molecule has 1 aliphatic rings. The molecule has 0 aromatic heterocycles. The van der Waals surface area contributed by atoms with Crippen molar-refractivity contribution in [2.75, 3.05) is 0 Å². The third-order valence-electron chi connectivity index (χ3n) is 0.424. The van der Waals surface area contributed by atoms with Crippen LogP contribution in [0.25, 0.3) is 0 Å². The predicted molar refractivity (Wildman–Crippen MR) is 22.6 cm³/mol. The van der Waals surface area contributed by atoms with E-state index in [0.717, 1.165) is 0 Å². The molecule has 0 aromatic rings. The Bertz CT molecular complexity index is 72.0. The third kappa shape index (κ3) is 0.484. The first-order chi connectivity index (χ1) is 3.00. The molecule has 1 aliphatic heterocycles. The molecule has 3 nitrogen and oxygen atoms in total. The number of nitrogens with one attached hydrogen (secondary N) is 2. The summed E-state index contributed by atoms with van der Waals surface area (Å²) >= 11 is 0. The zero-order valence-electron chi connectivity index (χ0n) is 3.10. The van der Waals surface area contributed by atoms with Gasteiger partial charge in [-0.2, -0.15) is 0 Å². The molecule has 0 atom stereocenters. The van der Waals surface area contributed by atoms with Crippen LogP contribution in [-0.2, 0) is 0 Å². The van der Waals surface area contributed by atoms with Gasteiger partial charge in [-0.05, 0) is 0 Å². The quantitative estimate of drug-likeness (QED) is 0.409. The number of hydrazine groups is 1. The Morgan fingerprint density at radius 1 is 1.50 bits per heavy atom. The molecule has 0 fully saturated rings. The number of nitrogens with zero attached hydrogens (tertiary/aromatic N) is 1. The van der Waals surface area contributed by atoms with Gasteiger partial charge < -0.3 is 5.43 Å². The highest BCUT2D eigenvalue weighted by molar-refractivity contribution is 5.54. The molecule has 0 spiro atoms. The van der Waals surface area contributed by atoms with E-state index >= 15 is 0 Å². The van der Waals surface area contributed by atoms with Crippen molar-refractivity contribution in [3.05, 3.63) is 12.4 Å². The fourth-order valence-electron chi connectivity index (χ4n) is 0.218. The molecule has 0 unspecified atom stereocenters. The van der Waals surface area contributed by atoms with E-state index in [4.69, 9.17) is 0 Å². The molecular weight excluding hydrogens is 78.1 g/mol. The molecular formula is C3H4N3. The second-order valence-electron chi connectivity index (χ2n) is 0.820. The minimum absolute atomic E-state index is 1.51. The Balaban J connectivity index is 2.46. The van der Waals surface area contributed by atoms with Crippen molar-refractivity contribution in [3.8, 4) is 0 Å². The predicted octanol–water partition coefficient (Wildman–Crippen LogP) is -0.603. The number of hydrogen-bond donors (Lipinski definition) is 2. The molecule has 0 amide bonds. The van der Waals surface area contributed by atoms with E-state index in [1.807, 2.05) is 0 Å². The molecule has 0 aromatic carbocycles. The lowest BCUT2D eigenvalue weighted by molar-refractivity contribution is 0.813. The SMILES string of the molecule is [C]1=CNNC=N1. The molecule has 1 rings (SSSR count). The van der Waals surface area contributed by atoms with Gasteiger partial charge in [0.25, 0.3) is 0 Å². The first-order valence-corrected chi connectivity index (χ1v) is 1.60. The fourth-order valence-corrected chi connectivity index (χ4v) is 0.218. The molecule has 2 N–H and O–H groups in total. The minimum Gasteiger partial charge on any atom is -0.305 e. The first-order valence-electron chi connectivity index (χ1n) is 1.60. The Labute approximate surface area is 35.7 Å². The molecule has 31 valence electrons. The summed E-state index contributed by atoms with van der Waals surface area (Å²) in [6.07, 6.45) is 5.65. The highest BCUT2D eigenvalue weighted by Gasteiger charge is 1.72. The van der Waals surface area contributed by atoms with Crippen LogP contribution < -0.4 is 10.9 Å². The summed E-state index contributed by atoms with van der Waals surface area (Å²) in [6, 6.07) is 0. The second-order valence-corrected chi connectivity index (χ2v) is 0.820. The van der Waals surface area contributed by atoms with Crippen molar-refractivity contribution in [1.29, 1.82) is 0 Å². The van der Waals surface area contributed by atoms with Crippen LogP contribution in [0, 0.1) is 6.20 Å². The molecule has 0 aliphatic carbocycles. The van der Waals surface area contributed by atoms with E-state index < -0.39 is 0 Å². The Hall–Kier alpha value is -0.990. The zero-order valence-corrected chi connectivity index (χ0v) is 3.10. The molecule has 0 saturated heterocycles. The summed E-state index contributed by atoms with van der Waals surface area (Å²) in [6.45, 7) is 0. The average Bonchev–Trinajstić information content (AvgIpc) is 1.72. The average molecular weight is 82.1 g/mol. The van der Waals surface area contributed by atoms with Crippen molar-refractivity contribution in [2.45, 2.75) is 0 Å². The van der Waals surface area contributed by atoms with E-state index in [1.165, 1.54) is 6.34 Å². The maximum absolute atomic E-state index is 3.57. The first kappa shape index (κ1) is 3.21. The zero-order chi connectivity index (χ0) is 4.24. The third-order valence-corrected chi connectivity index (χ3v) is 0.424. The van der Waals surface area contributed by atoms with Crippen molar-refractivity contribution in [1.82, 2.24) is 10.9 Å². The highest BCUT2D eigenvalue weighted by atomic mass is 15.4. The van der Waals surface area contributed by atoms with E-state index in [-0.39, 0.29) is 0 Å². The highest BCUT2D eigenvalue weighted by Crippen LogP contribution is 1.66. The van der Waals surface area contributed by atoms with Crippen LogP contribution in [0.5, 0.6) is 0 Å². The van der Waals surface area contributed by atoms with Gasteiger partial charge >= 0.3 is 0 Å². The standard InChI is InChI=1S/C3H4N3/c1-2-5-6-3-4-1/h2-3,5H,(H,4,6). The van der Waals surface area contributed by atoms with Crippen LogP contribution in [0.1, 0.15) is 0 Å². The van der Waals surface area contributed by atoms with Gasteiger partial charge in [-0.1, -0.05) is 0 Å². The Morgan fingerprint density at radius 3 is 2.67 bits per heavy atom. The summed E-state index contributed by atoms with van der Waals surface area (Å²) in [7, 11) is 0. The molecule has 6 heavy (non-hydrogen) atoms. The van der Waals surface area contributed by atoms with Gasteiger partial charge in [0.2, 0.25) is 0 Å². The van der Waals surface area contributed by atoms with E-state index in [0.29, 0.717) is 0 Å². The van der Waals surface area contributed by atoms with Gasteiger partial charge in [0, 0.05) is 6.20 Å². The van der Waals surface area contributed by atoms with Crippen molar-refractivity contribution < 1.29 is 0 Å². The van der Waals surface area contributed by atoms with Gasteiger partial charge in [-0.3, -0.25) is 5.43 Å². The summed E-state index contributed by atoms with van der Waals surface area (Å²) in [4.78, 5) is 3.57. The van der Waals surface area contributed by atoms with Gasteiger partial charge in [0.15, 0.2) is 0 Å². The van der Waals surface area contributed by atoms with Crippen LogP contribution in [0.2, 0.25) is 0 Å². The number of aliphatic imine (C=N–C) groups is 1. The number of hydrogen-bond acceptors (Lipinski definition) is 3. The summed E-state index contributed by atoms with van der Waals surface area (Å²) in [5.41, 5.74) is 5.27. The van der Waals surface area contributed by atoms with Gasteiger partial charge in [-0.25, -0.2) is 4.99 Å². The van der Waals surface area contributed by atoms with E-state index in [1.54, 1.807) is 6.20 Å². The molecule has 1 heterocycles. The fraction of sp³-hybridized carbons (Fsp3) is 0. The van der Waals surface area contributed by atoms with Crippen molar-refractivity contribution >= 4 is 6.34 Å². The van der Waals surface area contributed by atoms with Crippen LogP contribution in [0.3, 0.4) is 0 Å². The molecule has 3 heteroatoms. The maximum Gasteiger partial charge on any atom is 0.110 e. The lowest BCUT2D eigenvalue weighted by Crippen LogP contribution is -2.26. The van der Waals surface area contributed by atoms with Gasteiger partial charge in [0.1, 0.15) is 12.5 Å². The normalized spacial score (nSPS) is 16.0. The molecule has 1 radical (unpaired) electrons. The lowest BCUT2D eigenvalue weighted by Gasteiger charge is -1.97. The summed E-state index contributed by atoms with van der Waals surface area (Å²) < 4.78 is 0. The van der Waals surface area contributed by atoms with Crippen LogP contribution in [-0.4, -0.2) is 6.34 Å². The molecule has 0 saturated carbocycles. The van der Waals surface area contributed by atoms with Crippen molar-refractivity contribution in [3.63, 3.8) is 0 Å². The van der Waals surface area contributed by atoms with E-state index in [2.05, 4.69) is 22.0 Å². The van der Waals surface area contributed by atoms with Gasteiger partial charge in [-0.15, -0.1) is 0 Å². The Kier molecular flexibility index (Phi) is 0.774. The largest absolute Gasteiger partial charge is 0.305 e. The number of rotatable bonds is 0. The monoisotopic (exact) mass is 82.0 g/mol. The summed E-state index contributed by atoms with van der Waals surface area (Å²) in [5.74, 6) is 0. The maximum atomic E-state index is 3.57.